The maximum absolute atomic E-state index is 9.67. The van der Waals surface area contributed by atoms with Crippen LogP contribution < -0.4 is 4.90 Å². The van der Waals surface area contributed by atoms with Crippen LogP contribution in [0.1, 0.15) is 43.3 Å². The van der Waals surface area contributed by atoms with Crippen molar-refractivity contribution < 1.29 is 5.11 Å². The highest BCUT2D eigenvalue weighted by molar-refractivity contribution is 5.36. The zero-order valence-corrected chi connectivity index (χ0v) is 15.3. The summed E-state index contributed by atoms with van der Waals surface area (Å²) in [4.78, 5) is 13.3. The molecule has 2 saturated heterocycles. The molecule has 0 radical (unpaired) electrons. The molecule has 1 atom stereocenters. The lowest BCUT2D eigenvalue weighted by atomic mass is 9.97. The fraction of sp³-hybridized carbons (Fsp3) is 0.667. The van der Waals surface area contributed by atoms with Gasteiger partial charge in [-0.15, -0.1) is 10.2 Å². The topological polar surface area (TPSA) is 83.2 Å². The van der Waals surface area contributed by atoms with E-state index in [1.54, 1.807) is 12.4 Å². The Balaban J connectivity index is 1.44. The molecule has 2 aliphatic rings. The first-order valence-electron chi connectivity index (χ1n) is 9.50. The number of hydrogen-bond acceptors (Lipinski definition) is 7. The Morgan fingerprint density at radius 2 is 1.96 bits per heavy atom. The monoisotopic (exact) mass is 357 g/mol. The van der Waals surface area contributed by atoms with Crippen molar-refractivity contribution in [3.63, 3.8) is 0 Å². The molecule has 1 N–H and O–H groups in total. The van der Waals surface area contributed by atoms with Crippen molar-refractivity contribution in [1.29, 1.82) is 0 Å². The van der Waals surface area contributed by atoms with Gasteiger partial charge in [0.2, 0.25) is 0 Å². The zero-order valence-electron chi connectivity index (χ0n) is 15.3. The molecule has 0 spiro atoms. The summed E-state index contributed by atoms with van der Waals surface area (Å²) in [6, 6.07) is 0. The summed E-state index contributed by atoms with van der Waals surface area (Å²) in [7, 11) is 2.07. The van der Waals surface area contributed by atoms with Gasteiger partial charge in [-0.05, 0) is 25.7 Å². The average Bonchev–Trinajstić information content (AvgIpc) is 3.05. The molecule has 0 amide bonds. The van der Waals surface area contributed by atoms with Gasteiger partial charge in [0.15, 0.2) is 0 Å². The van der Waals surface area contributed by atoms with Crippen LogP contribution in [0.4, 0.5) is 5.82 Å². The third kappa shape index (κ3) is 3.71. The number of aromatic nitrogens is 5. The summed E-state index contributed by atoms with van der Waals surface area (Å²) in [5, 5.41) is 18.7. The smallest absolute Gasteiger partial charge is 0.147 e. The molecular weight excluding hydrogens is 330 g/mol. The molecule has 8 heteroatoms. The second-order valence-corrected chi connectivity index (χ2v) is 7.39. The molecular formula is C18H27N7O. The molecule has 4 heterocycles. The van der Waals surface area contributed by atoms with E-state index in [-0.39, 0.29) is 6.10 Å². The third-order valence-electron chi connectivity index (χ3n) is 5.58. The van der Waals surface area contributed by atoms with Crippen LogP contribution in [0.3, 0.4) is 0 Å². The largest absolute Gasteiger partial charge is 0.393 e. The summed E-state index contributed by atoms with van der Waals surface area (Å²) >= 11 is 0. The number of rotatable bonds is 4. The second-order valence-electron chi connectivity index (χ2n) is 7.39. The van der Waals surface area contributed by atoms with Crippen LogP contribution in [0.2, 0.25) is 0 Å². The summed E-state index contributed by atoms with van der Waals surface area (Å²) < 4.78 is 2.16. The van der Waals surface area contributed by atoms with Crippen molar-refractivity contribution in [3.8, 4) is 0 Å². The predicted octanol–water partition coefficient (Wildman–Crippen LogP) is 0.946. The van der Waals surface area contributed by atoms with Crippen molar-refractivity contribution in [2.75, 3.05) is 31.1 Å². The number of likely N-dealkylation sites (tertiary alicyclic amines) is 1. The molecule has 2 fully saturated rings. The van der Waals surface area contributed by atoms with Crippen LogP contribution in [0.15, 0.2) is 18.6 Å². The Morgan fingerprint density at radius 1 is 1.12 bits per heavy atom. The average molecular weight is 357 g/mol. The van der Waals surface area contributed by atoms with Crippen LogP contribution in [0.25, 0.3) is 0 Å². The summed E-state index contributed by atoms with van der Waals surface area (Å²) in [6.07, 6.45) is 9.08. The first-order chi connectivity index (χ1) is 12.7. The van der Waals surface area contributed by atoms with Crippen LogP contribution in [-0.2, 0) is 13.6 Å². The van der Waals surface area contributed by atoms with Crippen molar-refractivity contribution in [2.24, 2.45) is 7.05 Å². The summed E-state index contributed by atoms with van der Waals surface area (Å²) in [5.41, 5.74) is 0. The van der Waals surface area contributed by atoms with E-state index >= 15 is 0 Å². The first kappa shape index (κ1) is 17.4. The Morgan fingerprint density at radius 3 is 2.73 bits per heavy atom. The van der Waals surface area contributed by atoms with Gasteiger partial charge in [0.25, 0.3) is 0 Å². The maximum atomic E-state index is 9.67. The number of anilines is 1. The fourth-order valence-corrected chi connectivity index (χ4v) is 4.00. The minimum Gasteiger partial charge on any atom is -0.393 e. The molecule has 0 saturated carbocycles. The Hall–Kier alpha value is -2.06. The molecule has 8 nitrogen and oxygen atoms in total. The zero-order chi connectivity index (χ0) is 17.9. The van der Waals surface area contributed by atoms with E-state index in [0.717, 1.165) is 75.9 Å². The van der Waals surface area contributed by atoms with E-state index in [1.165, 1.54) is 0 Å². The Kier molecular flexibility index (Phi) is 5.12. The molecule has 0 aromatic carbocycles. The van der Waals surface area contributed by atoms with Gasteiger partial charge >= 0.3 is 0 Å². The second kappa shape index (κ2) is 7.67. The SMILES string of the molecule is Cn1c(CN2CCC(O)CC2)nnc1[C@@H]1CCCN(c2cnccn2)C1. The van der Waals surface area contributed by atoms with Crippen molar-refractivity contribution in [1.82, 2.24) is 29.6 Å². The van der Waals surface area contributed by atoms with E-state index in [0.29, 0.717) is 5.92 Å². The van der Waals surface area contributed by atoms with Crippen LogP contribution in [0, 0.1) is 0 Å². The minimum atomic E-state index is -0.143. The van der Waals surface area contributed by atoms with Crippen LogP contribution >= 0.6 is 0 Å². The highest BCUT2D eigenvalue weighted by Crippen LogP contribution is 2.28. The van der Waals surface area contributed by atoms with Gasteiger partial charge < -0.3 is 14.6 Å². The van der Waals surface area contributed by atoms with E-state index in [2.05, 4.69) is 41.6 Å². The lowest BCUT2D eigenvalue weighted by Gasteiger charge is -2.33. The molecule has 2 aromatic heterocycles. The minimum absolute atomic E-state index is 0.143. The van der Waals surface area contributed by atoms with E-state index in [1.807, 2.05) is 6.20 Å². The number of hydrogen-bond donors (Lipinski definition) is 1. The normalized spacial score (nSPS) is 22.7. The van der Waals surface area contributed by atoms with Crippen LogP contribution in [0.5, 0.6) is 0 Å². The molecule has 0 unspecified atom stereocenters. The van der Waals surface area contributed by atoms with E-state index < -0.39 is 0 Å². The van der Waals surface area contributed by atoms with Crippen molar-refractivity contribution >= 4 is 5.82 Å². The lowest BCUT2D eigenvalue weighted by molar-refractivity contribution is 0.0775. The molecule has 2 aromatic rings. The summed E-state index contributed by atoms with van der Waals surface area (Å²) in [5.74, 6) is 3.37. The first-order valence-corrected chi connectivity index (χ1v) is 9.50. The van der Waals surface area contributed by atoms with Gasteiger partial charge in [0.05, 0.1) is 18.8 Å². The predicted molar refractivity (Wildman–Crippen MR) is 97.7 cm³/mol. The number of aliphatic hydroxyl groups is 1. The summed E-state index contributed by atoms with van der Waals surface area (Å²) in [6.45, 7) is 4.56. The third-order valence-corrected chi connectivity index (χ3v) is 5.58. The van der Waals surface area contributed by atoms with Gasteiger partial charge in [-0.3, -0.25) is 9.88 Å². The standard InChI is InChI=1S/C18H27N7O/c1-23-17(13-24-9-4-15(26)5-10-24)21-22-18(23)14-3-2-8-25(12-14)16-11-19-6-7-20-16/h6-7,11,14-15,26H,2-5,8-10,12-13H2,1H3/t14-/m1/s1. The van der Waals surface area contributed by atoms with Gasteiger partial charge in [-0.1, -0.05) is 0 Å². The highest BCUT2D eigenvalue weighted by atomic mass is 16.3. The van der Waals surface area contributed by atoms with Gasteiger partial charge in [-0.25, -0.2) is 4.98 Å². The highest BCUT2D eigenvalue weighted by Gasteiger charge is 2.27. The van der Waals surface area contributed by atoms with Gasteiger partial charge in [0, 0.05) is 51.5 Å². The molecule has 2 aliphatic heterocycles. The van der Waals surface area contributed by atoms with Crippen molar-refractivity contribution in [2.45, 2.75) is 44.2 Å². The number of nitrogens with zero attached hydrogens (tertiary/aromatic N) is 7. The molecule has 0 bridgehead atoms. The molecule has 140 valence electrons. The molecule has 4 rings (SSSR count). The van der Waals surface area contributed by atoms with Gasteiger partial charge in [-0.2, -0.15) is 0 Å². The van der Waals surface area contributed by atoms with E-state index in [4.69, 9.17) is 0 Å². The molecule has 26 heavy (non-hydrogen) atoms. The Labute approximate surface area is 153 Å². The maximum Gasteiger partial charge on any atom is 0.147 e. The van der Waals surface area contributed by atoms with Gasteiger partial charge in [0.1, 0.15) is 17.5 Å². The quantitative estimate of drug-likeness (QED) is 0.872. The number of piperidine rings is 2. The molecule has 0 aliphatic carbocycles. The van der Waals surface area contributed by atoms with Crippen molar-refractivity contribution in [3.05, 3.63) is 30.2 Å². The fourth-order valence-electron chi connectivity index (χ4n) is 4.00. The van der Waals surface area contributed by atoms with Crippen LogP contribution in [-0.4, -0.2) is 67.0 Å². The number of aliphatic hydroxyl groups excluding tert-OH is 1. The van der Waals surface area contributed by atoms with E-state index in [9.17, 15) is 5.11 Å². The lowest BCUT2D eigenvalue weighted by Crippen LogP contribution is -2.36. The Bertz CT molecular complexity index is 712.